The molecule has 3 atom stereocenters. The number of allylic oxidation sites excluding steroid dienone is 1. The van der Waals surface area contributed by atoms with Crippen molar-refractivity contribution in [1.29, 1.82) is 0 Å². The van der Waals surface area contributed by atoms with Crippen LogP contribution in [0.15, 0.2) is 36.0 Å². The van der Waals surface area contributed by atoms with Gasteiger partial charge in [-0.1, -0.05) is 19.4 Å². The number of rotatable bonds is 8. The third kappa shape index (κ3) is 3.56. The molecule has 1 aromatic heterocycles. The van der Waals surface area contributed by atoms with Crippen molar-refractivity contribution in [3.05, 3.63) is 53.1 Å². The zero-order chi connectivity index (χ0) is 21.6. The molecule has 3 unspecified atom stereocenters. The van der Waals surface area contributed by atoms with E-state index in [2.05, 4.69) is 25.0 Å². The number of aliphatic hydroxyl groups is 1. The van der Waals surface area contributed by atoms with Gasteiger partial charge in [0.15, 0.2) is 0 Å². The van der Waals surface area contributed by atoms with Gasteiger partial charge in [-0.2, -0.15) is 5.10 Å². The Balaban J connectivity index is 1.49. The summed E-state index contributed by atoms with van der Waals surface area (Å²) in [7, 11) is 0. The molecule has 2 saturated carbocycles. The summed E-state index contributed by atoms with van der Waals surface area (Å²) >= 11 is 0. The molecule has 3 aliphatic rings. The third-order valence-electron chi connectivity index (χ3n) is 8.06. The molecule has 5 rings (SSSR count). The van der Waals surface area contributed by atoms with E-state index < -0.39 is 0 Å². The highest BCUT2D eigenvalue weighted by atomic mass is 19.1. The molecule has 0 bridgehead atoms. The normalized spacial score (nSPS) is 28.2. The van der Waals surface area contributed by atoms with Crippen molar-refractivity contribution in [2.45, 2.75) is 64.9 Å². The number of hydrogen-bond acceptors (Lipinski definition) is 3. The summed E-state index contributed by atoms with van der Waals surface area (Å²) in [4.78, 5) is 0. The molecule has 5 heteroatoms. The SMILES string of the molecule is CCCOCC1(CC(O)C2CC2)CCC2=Cc3c(cnn3-c3ccc(F)cc3)CC21C. The predicted molar refractivity (Wildman–Crippen MR) is 119 cm³/mol. The molecule has 4 nitrogen and oxygen atoms in total. The highest BCUT2D eigenvalue weighted by Gasteiger charge is 2.57. The molecular formula is C26H33FN2O2. The van der Waals surface area contributed by atoms with Crippen molar-refractivity contribution in [2.75, 3.05) is 13.2 Å². The first kappa shape index (κ1) is 20.9. The van der Waals surface area contributed by atoms with Gasteiger partial charge in [-0.3, -0.25) is 0 Å². The smallest absolute Gasteiger partial charge is 0.123 e. The van der Waals surface area contributed by atoms with Crippen molar-refractivity contribution in [3.8, 4) is 5.69 Å². The van der Waals surface area contributed by atoms with Gasteiger partial charge in [0, 0.05) is 17.4 Å². The lowest BCUT2D eigenvalue weighted by Crippen LogP contribution is -2.45. The molecule has 0 aliphatic heterocycles. The van der Waals surface area contributed by atoms with Crippen LogP contribution in [-0.4, -0.2) is 34.2 Å². The maximum Gasteiger partial charge on any atom is 0.123 e. The van der Waals surface area contributed by atoms with Gasteiger partial charge < -0.3 is 9.84 Å². The molecular weight excluding hydrogens is 391 g/mol. The quantitative estimate of drug-likeness (QED) is 0.583. The van der Waals surface area contributed by atoms with Crippen LogP contribution in [0.1, 0.15) is 63.6 Å². The molecule has 1 heterocycles. The van der Waals surface area contributed by atoms with E-state index in [9.17, 15) is 9.50 Å². The molecule has 2 aromatic rings. The Morgan fingerprint density at radius 3 is 2.77 bits per heavy atom. The Hall–Kier alpha value is -1.98. The fourth-order valence-electron chi connectivity index (χ4n) is 5.89. The van der Waals surface area contributed by atoms with E-state index in [-0.39, 0.29) is 22.8 Å². The van der Waals surface area contributed by atoms with Crippen LogP contribution in [0.2, 0.25) is 0 Å². The topological polar surface area (TPSA) is 47.3 Å². The third-order valence-corrected chi connectivity index (χ3v) is 8.06. The van der Waals surface area contributed by atoms with E-state index in [1.165, 1.54) is 23.3 Å². The minimum atomic E-state index is -0.238. The first-order chi connectivity index (χ1) is 15.0. The van der Waals surface area contributed by atoms with Crippen molar-refractivity contribution < 1.29 is 14.2 Å². The van der Waals surface area contributed by atoms with Crippen molar-refractivity contribution in [1.82, 2.24) is 9.78 Å². The molecule has 3 aliphatic carbocycles. The van der Waals surface area contributed by atoms with Crippen LogP contribution < -0.4 is 0 Å². The number of fused-ring (bicyclic) bond motifs is 2. The van der Waals surface area contributed by atoms with Crippen LogP contribution in [0.4, 0.5) is 4.39 Å². The Morgan fingerprint density at radius 1 is 1.29 bits per heavy atom. The lowest BCUT2D eigenvalue weighted by Gasteiger charge is -2.47. The Kier molecular flexibility index (Phi) is 5.30. The average Bonchev–Trinajstić information content (AvgIpc) is 3.48. The maximum absolute atomic E-state index is 13.4. The summed E-state index contributed by atoms with van der Waals surface area (Å²) in [5.41, 5.74) is 4.55. The summed E-state index contributed by atoms with van der Waals surface area (Å²) in [6, 6.07) is 6.51. The molecule has 0 saturated heterocycles. The molecule has 1 aromatic carbocycles. The van der Waals surface area contributed by atoms with E-state index in [0.29, 0.717) is 12.5 Å². The Labute approximate surface area is 184 Å². The van der Waals surface area contributed by atoms with Gasteiger partial charge in [-0.05, 0) is 86.8 Å². The first-order valence-electron chi connectivity index (χ1n) is 11.8. The van der Waals surface area contributed by atoms with Crippen molar-refractivity contribution >= 4 is 6.08 Å². The molecule has 31 heavy (non-hydrogen) atoms. The molecule has 0 amide bonds. The second-order valence-electron chi connectivity index (χ2n) is 10.1. The number of hydrogen-bond donors (Lipinski definition) is 1. The van der Waals surface area contributed by atoms with E-state index >= 15 is 0 Å². The number of halogens is 1. The monoisotopic (exact) mass is 424 g/mol. The summed E-state index contributed by atoms with van der Waals surface area (Å²) in [5.74, 6) is 0.234. The number of aliphatic hydroxyl groups excluding tert-OH is 1. The maximum atomic E-state index is 13.4. The number of nitrogens with zero attached hydrogens (tertiary/aromatic N) is 2. The van der Waals surface area contributed by atoms with Gasteiger partial charge in [0.1, 0.15) is 5.82 Å². The van der Waals surface area contributed by atoms with E-state index in [1.54, 1.807) is 12.1 Å². The number of ether oxygens (including phenoxy) is 1. The van der Waals surface area contributed by atoms with Crippen molar-refractivity contribution in [2.24, 2.45) is 16.7 Å². The molecule has 0 radical (unpaired) electrons. The van der Waals surface area contributed by atoms with E-state index in [4.69, 9.17) is 4.74 Å². The van der Waals surface area contributed by atoms with E-state index in [1.807, 2.05) is 10.9 Å². The van der Waals surface area contributed by atoms with Crippen molar-refractivity contribution in [3.63, 3.8) is 0 Å². The lowest BCUT2D eigenvalue weighted by atomic mass is 9.59. The molecule has 0 spiro atoms. The van der Waals surface area contributed by atoms with Gasteiger partial charge in [-0.25, -0.2) is 9.07 Å². The largest absolute Gasteiger partial charge is 0.393 e. The Bertz CT molecular complexity index is 978. The first-order valence-corrected chi connectivity index (χ1v) is 11.8. The number of benzene rings is 1. The summed E-state index contributed by atoms with van der Waals surface area (Å²) in [6.45, 7) is 5.99. The van der Waals surface area contributed by atoms with Crippen LogP contribution in [0.25, 0.3) is 11.8 Å². The number of aromatic nitrogens is 2. The van der Waals surface area contributed by atoms with Crippen LogP contribution >= 0.6 is 0 Å². The minimum Gasteiger partial charge on any atom is -0.393 e. The average molecular weight is 425 g/mol. The van der Waals surface area contributed by atoms with Gasteiger partial charge >= 0.3 is 0 Å². The fourth-order valence-corrected chi connectivity index (χ4v) is 5.89. The van der Waals surface area contributed by atoms with Gasteiger partial charge in [0.25, 0.3) is 0 Å². The second-order valence-corrected chi connectivity index (χ2v) is 10.1. The summed E-state index contributed by atoms with van der Waals surface area (Å²) in [6.07, 6.45) is 11.2. The summed E-state index contributed by atoms with van der Waals surface area (Å²) in [5, 5.41) is 15.6. The predicted octanol–water partition coefficient (Wildman–Crippen LogP) is 5.33. The van der Waals surface area contributed by atoms with Gasteiger partial charge in [0.2, 0.25) is 0 Å². The molecule has 166 valence electrons. The zero-order valence-electron chi connectivity index (χ0n) is 18.6. The molecule has 1 N–H and O–H groups in total. The molecule has 2 fully saturated rings. The van der Waals surface area contributed by atoms with Gasteiger partial charge in [0.05, 0.1) is 30.3 Å². The fraction of sp³-hybridized carbons (Fsp3) is 0.577. The van der Waals surface area contributed by atoms with Crippen LogP contribution in [0.3, 0.4) is 0 Å². The Morgan fingerprint density at radius 2 is 2.06 bits per heavy atom. The standard InChI is InChI=1S/C26H33FN2O2/c1-3-12-31-17-26(15-24(30)18-4-5-18)11-10-20-13-23-19(14-25(20,26)2)16-28-29(23)22-8-6-21(27)7-9-22/h6-9,13,16,18,24,30H,3-5,10-12,14-15,17H2,1-2H3. The second kappa shape index (κ2) is 7.86. The highest BCUT2D eigenvalue weighted by molar-refractivity contribution is 5.62. The highest BCUT2D eigenvalue weighted by Crippen LogP contribution is 2.63. The summed E-state index contributed by atoms with van der Waals surface area (Å²) < 4.78 is 21.5. The minimum absolute atomic E-state index is 0.0414. The van der Waals surface area contributed by atoms with Crippen LogP contribution in [0, 0.1) is 22.6 Å². The van der Waals surface area contributed by atoms with Crippen LogP contribution in [-0.2, 0) is 11.2 Å². The van der Waals surface area contributed by atoms with Crippen LogP contribution in [0.5, 0.6) is 0 Å². The zero-order valence-corrected chi connectivity index (χ0v) is 18.6. The lowest BCUT2D eigenvalue weighted by molar-refractivity contribution is -0.0471. The van der Waals surface area contributed by atoms with Gasteiger partial charge in [-0.15, -0.1) is 0 Å². The van der Waals surface area contributed by atoms with E-state index in [0.717, 1.165) is 62.9 Å².